The van der Waals surface area contributed by atoms with Gasteiger partial charge in [-0.15, -0.1) is 0 Å². The van der Waals surface area contributed by atoms with E-state index in [0.717, 1.165) is 5.92 Å². The van der Waals surface area contributed by atoms with Crippen LogP contribution in [0.3, 0.4) is 0 Å². The molecular weight excluding hydrogens is 146 g/mol. The third-order valence-electron chi connectivity index (χ3n) is 2.82. The lowest BCUT2D eigenvalue weighted by Gasteiger charge is -2.30. The number of likely N-dealkylation sites (tertiary alicyclic amines) is 1. The lowest BCUT2D eigenvalue weighted by atomic mass is 9.94. The van der Waals surface area contributed by atoms with Crippen molar-refractivity contribution in [2.45, 2.75) is 47.0 Å². The Labute approximate surface area is 78.1 Å². The summed E-state index contributed by atoms with van der Waals surface area (Å²) in [6, 6.07) is 0. The molecule has 1 nitrogen and oxygen atoms in total. The van der Waals surface area contributed by atoms with Crippen molar-refractivity contribution in [2.75, 3.05) is 19.6 Å². The first-order chi connectivity index (χ1) is 5.36. The summed E-state index contributed by atoms with van der Waals surface area (Å²) in [6.45, 7) is 8.61. The van der Waals surface area contributed by atoms with Gasteiger partial charge < -0.3 is 4.90 Å². The first kappa shape index (κ1) is 12.0. The number of rotatable bonds is 3. The van der Waals surface area contributed by atoms with Crippen molar-refractivity contribution in [2.24, 2.45) is 5.92 Å². The minimum absolute atomic E-state index is 0. The predicted octanol–water partition coefficient (Wildman–Crippen LogP) is 3.15. The molecule has 74 valence electrons. The topological polar surface area (TPSA) is 3.24 Å². The minimum Gasteiger partial charge on any atom is -0.303 e. The highest BCUT2D eigenvalue weighted by Gasteiger charge is 2.16. The fourth-order valence-electron chi connectivity index (χ4n) is 1.93. The highest BCUT2D eigenvalue weighted by Crippen LogP contribution is 2.19. The van der Waals surface area contributed by atoms with Crippen LogP contribution in [-0.4, -0.2) is 24.5 Å². The maximum atomic E-state index is 2.60. The molecule has 12 heavy (non-hydrogen) atoms. The van der Waals surface area contributed by atoms with Crippen LogP contribution in [0.15, 0.2) is 0 Å². The Kier molecular flexibility index (Phi) is 6.45. The molecule has 0 radical (unpaired) electrons. The summed E-state index contributed by atoms with van der Waals surface area (Å²) in [5, 5.41) is 0. The fourth-order valence-corrected chi connectivity index (χ4v) is 1.93. The van der Waals surface area contributed by atoms with Gasteiger partial charge in [0.2, 0.25) is 0 Å². The van der Waals surface area contributed by atoms with E-state index in [9.17, 15) is 0 Å². The van der Waals surface area contributed by atoms with E-state index in [0.29, 0.717) is 0 Å². The third-order valence-corrected chi connectivity index (χ3v) is 2.82. The van der Waals surface area contributed by atoms with E-state index in [1.165, 1.54) is 45.3 Å². The van der Waals surface area contributed by atoms with Crippen molar-refractivity contribution in [1.29, 1.82) is 0 Å². The van der Waals surface area contributed by atoms with E-state index in [4.69, 9.17) is 0 Å². The van der Waals surface area contributed by atoms with Gasteiger partial charge in [-0.05, 0) is 44.8 Å². The fraction of sp³-hybridized carbons (Fsp3) is 1.00. The van der Waals surface area contributed by atoms with E-state index in [2.05, 4.69) is 18.7 Å². The van der Waals surface area contributed by atoms with E-state index < -0.39 is 0 Å². The Morgan fingerprint density at radius 3 is 2.17 bits per heavy atom. The zero-order chi connectivity index (χ0) is 8.10. The maximum absolute atomic E-state index is 2.60. The average molecular weight is 171 g/mol. The minimum atomic E-state index is 0. The van der Waals surface area contributed by atoms with Crippen molar-refractivity contribution in [3.05, 3.63) is 0 Å². The maximum Gasteiger partial charge on any atom is -0.00161 e. The molecule has 1 rings (SSSR count). The Morgan fingerprint density at radius 1 is 1.17 bits per heavy atom. The quantitative estimate of drug-likeness (QED) is 0.630. The molecule has 1 aliphatic rings. The number of nitrogens with zero attached hydrogens (tertiary/aromatic N) is 1. The van der Waals surface area contributed by atoms with E-state index in [1.807, 2.05) is 0 Å². The second-order valence-corrected chi connectivity index (χ2v) is 3.69. The van der Waals surface area contributed by atoms with Gasteiger partial charge in [0.15, 0.2) is 0 Å². The van der Waals surface area contributed by atoms with Crippen molar-refractivity contribution < 1.29 is 0 Å². The van der Waals surface area contributed by atoms with Gasteiger partial charge in [0.05, 0.1) is 0 Å². The molecule has 0 unspecified atom stereocenters. The van der Waals surface area contributed by atoms with Crippen LogP contribution in [-0.2, 0) is 0 Å². The monoisotopic (exact) mass is 171 g/mol. The first-order valence-electron chi connectivity index (χ1n) is 5.09. The summed E-state index contributed by atoms with van der Waals surface area (Å²) in [5.74, 6) is 1.03. The molecule has 0 saturated carbocycles. The summed E-state index contributed by atoms with van der Waals surface area (Å²) >= 11 is 0. The van der Waals surface area contributed by atoms with Crippen LogP contribution in [0.5, 0.6) is 0 Å². The zero-order valence-corrected chi connectivity index (χ0v) is 7.97. The SMILES string of the molecule is C.CCCN1CCC(CC)CC1. The van der Waals surface area contributed by atoms with Crippen molar-refractivity contribution in [1.82, 2.24) is 4.90 Å². The van der Waals surface area contributed by atoms with Crippen LogP contribution < -0.4 is 0 Å². The van der Waals surface area contributed by atoms with Gasteiger partial charge in [-0.2, -0.15) is 0 Å². The summed E-state index contributed by atoms with van der Waals surface area (Å²) in [4.78, 5) is 2.60. The molecule has 1 fully saturated rings. The molecule has 0 amide bonds. The molecule has 0 N–H and O–H groups in total. The molecule has 0 bridgehead atoms. The lowest BCUT2D eigenvalue weighted by Crippen LogP contribution is -2.33. The van der Waals surface area contributed by atoms with Crippen LogP contribution >= 0.6 is 0 Å². The molecule has 1 saturated heterocycles. The smallest absolute Gasteiger partial charge is 0.00161 e. The standard InChI is InChI=1S/C10H21N.CH4/c1-3-7-11-8-5-10(4-2)6-9-11;/h10H,3-9H2,1-2H3;1H4. The van der Waals surface area contributed by atoms with Crippen LogP contribution in [0, 0.1) is 5.92 Å². The molecule has 0 aromatic heterocycles. The highest BCUT2D eigenvalue weighted by atomic mass is 15.1. The van der Waals surface area contributed by atoms with Gasteiger partial charge in [0.25, 0.3) is 0 Å². The molecule has 0 spiro atoms. The molecular formula is C11H25N. The zero-order valence-electron chi connectivity index (χ0n) is 7.97. The Balaban J connectivity index is 0.00000121. The van der Waals surface area contributed by atoms with Gasteiger partial charge in [-0.1, -0.05) is 27.7 Å². The molecule has 0 atom stereocenters. The first-order valence-corrected chi connectivity index (χ1v) is 5.09. The number of piperidine rings is 1. The summed E-state index contributed by atoms with van der Waals surface area (Å²) < 4.78 is 0. The highest BCUT2D eigenvalue weighted by molar-refractivity contribution is 4.70. The summed E-state index contributed by atoms with van der Waals surface area (Å²) in [6.07, 6.45) is 5.59. The Hall–Kier alpha value is -0.0400. The van der Waals surface area contributed by atoms with E-state index in [1.54, 1.807) is 0 Å². The normalized spacial score (nSPS) is 20.5. The van der Waals surface area contributed by atoms with Gasteiger partial charge in [0, 0.05) is 0 Å². The Morgan fingerprint density at radius 2 is 1.75 bits per heavy atom. The predicted molar refractivity (Wildman–Crippen MR) is 56.5 cm³/mol. The van der Waals surface area contributed by atoms with E-state index >= 15 is 0 Å². The second kappa shape index (κ2) is 6.47. The van der Waals surface area contributed by atoms with E-state index in [-0.39, 0.29) is 7.43 Å². The Bertz CT molecular complexity index is 93.2. The molecule has 1 heteroatoms. The number of hydrogen-bond donors (Lipinski definition) is 0. The molecule has 1 heterocycles. The summed E-state index contributed by atoms with van der Waals surface area (Å²) in [7, 11) is 0. The van der Waals surface area contributed by atoms with Crippen LogP contribution in [0.4, 0.5) is 0 Å². The molecule has 0 aromatic carbocycles. The molecule has 0 aliphatic carbocycles. The van der Waals surface area contributed by atoms with Gasteiger partial charge >= 0.3 is 0 Å². The third kappa shape index (κ3) is 3.57. The molecule has 0 aromatic rings. The summed E-state index contributed by atoms with van der Waals surface area (Å²) in [5.41, 5.74) is 0. The van der Waals surface area contributed by atoms with Gasteiger partial charge in [-0.25, -0.2) is 0 Å². The largest absolute Gasteiger partial charge is 0.303 e. The van der Waals surface area contributed by atoms with Crippen LogP contribution in [0.1, 0.15) is 47.0 Å². The second-order valence-electron chi connectivity index (χ2n) is 3.69. The average Bonchev–Trinajstić information content (AvgIpc) is 2.07. The van der Waals surface area contributed by atoms with Gasteiger partial charge in [-0.3, -0.25) is 0 Å². The van der Waals surface area contributed by atoms with Crippen molar-refractivity contribution in [3.63, 3.8) is 0 Å². The van der Waals surface area contributed by atoms with Crippen LogP contribution in [0.2, 0.25) is 0 Å². The van der Waals surface area contributed by atoms with Crippen LogP contribution in [0.25, 0.3) is 0 Å². The number of hydrogen-bond acceptors (Lipinski definition) is 1. The lowest BCUT2D eigenvalue weighted by molar-refractivity contribution is 0.182. The van der Waals surface area contributed by atoms with Crippen molar-refractivity contribution >= 4 is 0 Å². The van der Waals surface area contributed by atoms with Gasteiger partial charge in [0.1, 0.15) is 0 Å². The molecule has 1 aliphatic heterocycles. The van der Waals surface area contributed by atoms with Crippen molar-refractivity contribution in [3.8, 4) is 0 Å².